The molecule has 2 fully saturated rings. The molecule has 1 atom stereocenters. The van der Waals surface area contributed by atoms with Crippen LogP contribution in [0.5, 0.6) is 0 Å². The van der Waals surface area contributed by atoms with Gasteiger partial charge in [0, 0.05) is 13.1 Å². The summed E-state index contributed by atoms with van der Waals surface area (Å²) >= 11 is 0. The Balaban J connectivity index is 1.88. The summed E-state index contributed by atoms with van der Waals surface area (Å²) in [6, 6.07) is 0. The van der Waals surface area contributed by atoms with E-state index in [0.29, 0.717) is 10.8 Å². The van der Waals surface area contributed by atoms with E-state index >= 15 is 0 Å². The van der Waals surface area contributed by atoms with Crippen LogP contribution in [-0.4, -0.2) is 37.6 Å². The van der Waals surface area contributed by atoms with Gasteiger partial charge in [0.25, 0.3) is 0 Å². The maximum Gasteiger partial charge on any atom is 0.00360 e. The monoisotopic (exact) mass is 238 g/mol. The van der Waals surface area contributed by atoms with Crippen LogP contribution in [0.1, 0.15) is 47.0 Å². The Hall–Kier alpha value is -0.0800. The number of nitrogens with one attached hydrogen (secondary N) is 1. The highest BCUT2D eigenvalue weighted by atomic mass is 15.2. The minimum absolute atomic E-state index is 0.466. The number of nitrogens with zero attached hydrogens (tertiary/aromatic N) is 1. The Morgan fingerprint density at radius 3 is 2.65 bits per heavy atom. The molecule has 2 rings (SSSR count). The van der Waals surface area contributed by atoms with Crippen molar-refractivity contribution < 1.29 is 0 Å². The van der Waals surface area contributed by atoms with Crippen molar-refractivity contribution in [3.8, 4) is 0 Å². The molecule has 0 amide bonds. The Bertz CT molecular complexity index is 252. The van der Waals surface area contributed by atoms with E-state index in [1.54, 1.807) is 0 Å². The van der Waals surface area contributed by atoms with Gasteiger partial charge in [0.15, 0.2) is 0 Å². The van der Waals surface area contributed by atoms with E-state index in [9.17, 15) is 0 Å². The third kappa shape index (κ3) is 3.45. The Kier molecular flexibility index (Phi) is 3.84. The van der Waals surface area contributed by atoms with Crippen LogP contribution in [0.15, 0.2) is 0 Å². The lowest BCUT2D eigenvalue weighted by atomic mass is 9.74. The lowest BCUT2D eigenvalue weighted by molar-refractivity contribution is 0.108. The van der Waals surface area contributed by atoms with E-state index < -0.39 is 0 Å². The van der Waals surface area contributed by atoms with Crippen LogP contribution in [-0.2, 0) is 0 Å². The van der Waals surface area contributed by atoms with Crippen molar-refractivity contribution in [2.75, 3.05) is 32.7 Å². The summed E-state index contributed by atoms with van der Waals surface area (Å²) in [6.07, 6.45) is 4.14. The zero-order valence-electron chi connectivity index (χ0n) is 12.2. The minimum Gasteiger partial charge on any atom is -0.316 e. The number of rotatable bonds is 3. The highest BCUT2D eigenvalue weighted by Crippen LogP contribution is 2.36. The van der Waals surface area contributed by atoms with Gasteiger partial charge >= 0.3 is 0 Å². The first kappa shape index (κ1) is 13.4. The molecule has 0 spiro atoms. The second-order valence-corrected chi connectivity index (χ2v) is 7.66. The van der Waals surface area contributed by atoms with Crippen LogP contribution in [0.3, 0.4) is 0 Å². The summed E-state index contributed by atoms with van der Waals surface area (Å²) in [6.45, 7) is 16.1. The van der Waals surface area contributed by atoms with Gasteiger partial charge in [-0.05, 0) is 55.6 Å². The lowest BCUT2D eigenvalue weighted by Crippen LogP contribution is -2.44. The summed E-state index contributed by atoms with van der Waals surface area (Å²) in [4.78, 5) is 2.69. The van der Waals surface area contributed by atoms with E-state index in [0.717, 1.165) is 5.92 Å². The molecule has 17 heavy (non-hydrogen) atoms. The fourth-order valence-corrected chi connectivity index (χ4v) is 3.58. The number of hydrogen-bond donors (Lipinski definition) is 1. The molecular formula is C15H30N2. The standard InChI is InChI=1S/C15H30N2/c1-14(2)7-9-17(11-14)12-15(3,4)13-6-5-8-16-10-13/h13,16H,5-12H2,1-4H3. The summed E-state index contributed by atoms with van der Waals surface area (Å²) in [5.41, 5.74) is 1.01. The van der Waals surface area contributed by atoms with Crippen molar-refractivity contribution >= 4 is 0 Å². The first-order valence-electron chi connectivity index (χ1n) is 7.32. The topological polar surface area (TPSA) is 15.3 Å². The number of piperidine rings is 1. The third-order valence-corrected chi connectivity index (χ3v) is 4.79. The van der Waals surface area contributed by atoms with Crippen molar-refractivity contribution in [2.24, 2.45) is 16.7 Å². The van der Waals surface area contributed by atoms with Crippen LogP contribution in [0, 0.1) is 16.7 Å². The fraction of sp³-hybridized carbons (Fsp3) is 1.00. The van der Waals surface area contributed by atoms with Gasteiger partial charge in [-0.2, -0.15) is 0 Å². The highest BCUT2D eigenvalue weighted by molar-refractivity contribution is 4.89. The lowest BCUT2D eigenvalue weighted by Gasteiger charge is -2.40. The average molecular weight is 238 g/mol. The van der Waals surface area contributed by atoms with E-state index in [1.165, 1.54) is 52.0 Å². The van der Waals surface area contributed by atoms with Gasteiger partial charge in [0.1, 0.15) is 0 Å². The molecule has 2 heterocycles. The molecule has 0 saturated carbocycles. The van der Waals surface area contributed by atoms with E-state index in [4.69, 9.17) is 0 Å². The second kappa shape index (κ2) is 4.89. The van der Waals surface area contributed by atoms with Crippen molar-refractivity contribution in [2.45, 2.75) is 47.0 Å². The Morgan fingerprint density at radius 2 is 2.12 bits per heavy atom. The summed E-state index contributed by atoms with van der Waals surface area (Å²) in [5, 5.41) is 3.56. The largest absolute Gasteiger partial charge is 0.316 e. The van der Waals surface area contributed by atoms with Crippen molar-refractivity contribution in [3.63, 3.8) is 0 Å². The normalized spacial score (nSPS) is 30.7. The molecule has 0 aromatic rings. The van der Waals surface area contributed by atoms with Gasteiger partial charge in [-0.15, -0.1) is 0 Å². The molecular weight excluding hydrogens is 208 g/mol. The summed E-state index contributed by atoms with van der Waals surface area (Å²) in [7, 11) is 0. The molecule has 2 heteroatoms. The van der Waals surface area contributed by atoms with Crippen LogP contribution >= 0.6 is 0 Å². The molecule has 2 aliphatic rings. The molecule has 0 aromatic carbocycles. The molecule has 2 nitrogen and oxygen atoms in total. The number of hydrogen-bond acceptors (Lipinski definition) is 2. The van der Waals surface area contributed by atoms with Crippen LogP contribution in [0.25, 0.3) is 0 Å². The van der Waals surface area contributed by atoms with Gasteiger partial charge in [-0.3, -0.25) is 0 Å². The first-order chi connectivity index (χ1) is 7.89. The van der Waals surface area contributed by atoms with E-state index in [2.05, 4.69) is 37.9 Å². The molecule has 2 saturated heterocycles. The Labute approximate surface area is 107 Å². The summed E-state index contributed by atoms with van der Waals surface area (Å²) < 4.78 is 0. The van der Waals surface area contributed by atoms with Gasteiger partial charge in [0.05, 0.1) is 0 Å². The second-order valence-electron chi connectivity index (χ2n) is 7.66. The average Bonchev–Trinajstić information content (AvgIpc) is 2.58. The Morgan fingerprint density at radius 1 is 1.35 bits per heavy atom. The SMILES string of the molecule is CC1(C)CCN(CC(C)(C)C2CCCNC2)C1. The molecule has 0 radical (unpaired) electrons. The van der Waals surface area contributed by atoms with Crippen LogP contribution < -0.4 is 5.32 Å². The first-order valence-corrected chi connectivity index (χ1v) is 7.32. The smallest absolute Gasteiger partial charge is 0.00360 e. The molecule has 0 aliphatic carbocycles. The predicted molar refractivity (Wildman–Crippen MR) is 74.2 cm³/mol. The molecule has 2 aliphatic heterocycles. The van der Waals surface area contributed by atoms with Crippen molar-refractivity contribution in [1.82, 2.24) is 10.2 Å². The zero-order valence-corrected chi connectivity index (χ0v) is 12.2. The molecule has 1 N–H and O–H groups in total. The van der Waals surface area contributed by atoms with Gasteiger partial charge in [0.2, 0.25) is 0 Å². The number of likely N-dealkylation sites (tertiary alicyclic amines) is 1. The molecule has 100 valence electrons. The highest BCUT2D eigenvalue weighted by Gasteiger charge is 2.36. The van der Waals surface area contributed by atoms with Crippen LogP contribution in [0.4, 0.5) is 0 Å². The van der Waals surface area contributed by atoms with Gasteiger partial charge in [-0.25, -0.2) is 0 Å². The van der Waals surface area contributed by atoms with Gasteiger partial charge in [-0.1, -0.05) is 27.7 Å². The van der Waals surface area contributed by atoms with Crippen molar-refractivity contribution in [3.05, 3.63) is 0 Å². The maximum atomic E-state index is 3.56. The molecule has 0 bridgehead atoms. The summed E-state index contributed by atoms with van der Waals surface area (Å²) in [5.74, 6) is 0.861. The zero-order chi connectivity index (χ0) is 12.5. The van der Waals surface area contributed by atoms with Gasteiger partial charge < -0.3 is 10.2 Å². The maximum absolute atomic E-state index is 3.56. The van der Waals surface area contributed by atoms with Crippen molar-refractivity contribution in [1.29, 1.82) is 0 Å². The molecule has 1 unspecified atom stereocenters. The fourth-order valence-electron chi connectivity index (χ4n) is 3.58. The minimum atomic E-state index is 0.466. The molecule has 0 aromatic heterocycles. The quantitative estimate of drug-likeness (QED) is 0.813. The van der Waals surface area contributed by atoms with E-state index in [-0.39, 0.29) is 0 Å². The van der Waals surface area contributed by atoms with E-state index in [1.807, 2.05) is 0 Å². The van der Waals surface area contributed by atoms with Crippen LogP contribution in [0.2, 0.25) is 0 Å². The third-order valence-electron chi connectivity index (χ3n) is 4.79. The predicted octanol–water partition coefficient (Wildman–Crippen LogP) is 2.74.